The minimum absolute atomic E-state index is 0.137. The van der Waals surface area contributed by atoms with Gasteiger partial charge in [-0.3, -0.25) is 0 Å². The van der Waals surface area contributed by atoms with E-state index in [4.69, 9.17) is 0 Å². The highest BCUT2D eigenvalue weighted by atomic mass is 79.9. The first-order chi connectivity index (χ1) is 8.43. The summed E-state index contributed by atoms with van der Waals surface area (Å²) >= 11 is 3.63. The Morgan fingerprint density at radius 1 is 1.17 bits per heavy atom. The maximum absolute atomic E-state index is 3.63. The molecule has 1 aromatic carbocycles. The number of hydrogen-bond acceptors (Lipinski definition) is 2. The quantitative estimate of drug-likeness (QED) is 0.755. The summed E-state index contributed by atoms with van der Waals surface area (Å²) in [7, 11) is 0. The molecule has 0 spiro atoms. The van der Waals surface area contributed by atoms with Crippen LogP contribution in [0.5, 0.6) is 0 Å². The summed E-state index contributed by atoms with van der Waals surface area (Å²) in [6.07, 6.45) is 0. The van der Waals surface area contributed by atoms with Crippen molar-refractivity contribution in [3.8, 4) is 0 Å². The van der Waals surface area contributed by atoms with Crippen molar-refractivity contribution in [2.45, 2.75) is 39.2 Å². The van der Waals surface area contributed by atoms with Gasteiger partial charge in [-0.25, -0.2) is 0 Å². The molecule has 0 radical (unpaired) electrons. The van der Waals surface area contributed by atoms with Crippen LogP contribution >= 0.6 is 15.9 Å². The van der Waals surface area contributed by atoms with Crippen molar-refractivity contribution < 1.29 is 0 Å². The second kappa shape index (κ2) is 7.27. The molecule has 0 aliphatic rings. The average molecular weight is 313 g/mol. The Labute approximate surface area is 120 Å². The lowest BCUT2D eigenvalue weighted by atomic mass is 9.84. The maximum Gasteiger partial charge on any atom is 0.0213 e. The summed E-state index contributed by atoms with van der Waals surface area (Å²) in [5.74, 6) is 0. The van der Waals surface area contributed by atoms with E-state index in [0.29, 0.717) is 6.04 Å². The highest BCUT2D eigenvalue weighted by molar-refractivity contribution is 9.10. The third kappa shape index (κ3) is 5.09. The Morgan fingerprint density at radius 3 is 2.44 bits per heavy atom. The van der Waals surface area contributed by atoms with Crippen LogP contribution in [0.1, 0.15) is 33.3 Å². The maximum atomic E-state index is 3.63. The van der Waals surface area contributed by atoms with Crippen LogP contribution in [0.4, 0.5) is 0 Å². The first-order valence-electron chi connectivity index (χ1n) is 6.62. The Hall–Kier alpha value is -0.380. The summed E-state index contributed by atoms with van der Waals surface area (Å²) in [6, 6.07) is 9.02. The van der Waals surface area contributed by atoms with Crippen LogP contribution in [0.2, 0.25) is 0 Å². The van der Waals surface area contributed by atoms with Crippen LogP contribution in [-0.2, 0) is 5.41 Å². The summed E-state index contributed by atoms with van der Waals surface area (Å²) < 4.78 is 1.19. The second-order valence-electron chi connectivity index (χ2n) is 5.65. The molecule has 2 nitrogen and oxygen atoms in total. The zero-order valence-corrected chi connectivity index (χ0v) is 13.5. The fourth-order valence-corrected chi connectivity index (χ4v) is 2.78. The number of rotatable bonds is 7. The molecule has 2 N–H and O–H groups in total. The molecule has 3 heteroatoms. The summed E-state index contributed by atoms with van der Waals surface area (Å²) in [5.41, 5.74) is 1.49. The molecule has 0 aromatic heterocycles. The number of hydrogen-bond donors (Lipinski definition) is 2. The van der Waals surface area contributed by atoms with Gasteiger partial charge in [-0.2, -0.15) is 0 Å². The lowest BCUT2D eigenvalue weighted by molar-refractivity contribution is 0.457. The summed E-state index contributed by atoms with van der Waals surface area (Å²) in [5, 5.41) is 6.93. The van der Waals surface area contributed by atoms with Gasteiger partial charge in [-0.15, -0.1) is 0 Å². The van der Waals surface area contributed by atoms with Gasteiger partial charge >= 0.3 is 0 Å². The van der Waals surface area contributed by atoms with E-state index in [1.807, 2.05) is 0 Å². The minimum atomic E-state index is 0.137. The molecule has 0 aliphatic carbocycles. The standard InChI is InChI=1S/C15H25BrN2/c1-12(2)18-10-9-17-11-15(3,4)13-7-5-6-8-14(13)16/h5-8,12,17-18H,9-11H2,1-4H3. The normalized spacial score (nSPS) is 12.1. The monoisotopic (exact) mass is 312 g/mol. The van der Waals surface area contributed by atoms with Crippen molar-refractivity contribution in [3.05, 3.63) is 34.3 Å². The van der Waals surface area contributed by atoms with Crippen LogP contribution in [0.25, 0.3) is 0 Å². The minimum Gasteiger partial charge on any atom is -0.315 e. The topological polar surface area (TPSA) is 24.1 Å². The fourth-order valence-electron chi connectivity index (χ4n) is 1.96. The molecule has 0 amide bonds. The van der Waals surface area contributed by atoms with Crippen molar-refractivity contribution in [1.82, 2.24) is 10.6 Å². The van der Waals surface area contributed by atoms with Gasteiger partial charge in [0.25, 0.3) is 0 Å². The zero-order chi connectivity index (χ0) is 13.6. The van der Waals surface area contributed by atoms with Crippen molar-refractivity contribution in [3.63, 3.8) is 0 Å². The smallest absolute Gasteiger partial charge is 0.0213 e. The van der Waals surface area contributed by atoms with Gasteiger partial charge in [0.1, 0.15) is 0 Å². The van der Waals surface area contributed by atoms with Crippen molar-refractivity contribution in [1.29, 1.82) is 0 Å². The van der Waals surface area contributed by atoms with Gasteiger partial charge in [-0.1, -0.05) is 61.8 Å². The molecule has 0 atom stereocenters. The molecule has 0 saturated heterocycles. The average Bonchev–Trinajstić information content (AvgIpc) is 2.28. The van der Waals surface area contributed by atoms with E-state index in [0.717, 1.165) is 19.6 Å². The Bertz CT molecular complexity index is 361. The van der Waals surface area contributed by atoms with Crippen LogP contribution in [0.15, 0.2) is 28.7 Å². The molecule has 1 aromatic rings. The molecule has 1 rings (SSSR count). The summed E-state index contributed by atoms with van der Waals surface area (Å²) in [6.45, 7) is 11.9. The molecule has 0 fully saturated rings. The molecule has 0 bridgehead atoms. The predicted octanol–water partition coefficient (Wildman–Crippen LogP) is 3.31. The Morgan fingerprint density at radius 2 is 1.83 bits per heavy atom. The van der Waals surface area contributed by atoms with Crippen LogP contribution in [0, 0.1) is 0 Å². The van der Waals surface area contributed by atoms with Crippen molar-refractivity contribution >= 4 is 15.9 Å². The highest BCUT2D eigenvalue weighted by Crippen LogP contribution is 2.29. The van der Waals surface area contributed by atoms with Gasteiger partial charge in [0, 0.05) is 35.6 Å². The molecule has 0 heterocycles. The number of nitrogens with one attached hydrogen (secondary N) is 2. The highest BCUT2D eigenvalue weighted by Gasteiger charge is 2.21. The van der Waals surface area contributed by atoms with E-state index >= 15 is 0 Å². The van der Waals surface area contributed by atoms with E-state index in [1.54, 1.807) is 0 Å². The Kier molecular flexibility index (Phi) is 6.33. The summed E-state index contributed by atoms with van der Waals surface area (Å²) in [4.78, 5) is 0. The Balaban J connectivity index is 2.43. The van der Waals surface area contributed by atoms with E-state index in [1.165, 1.54) is 10.0 Å². The molecule has 0 unspecified atom stereocenters. The lowest BCUT2D eigenvalue weighted by Crippen LogP contribution is -2.38. The first kappa shape index (κ1) is 15.7. The van der Waals surface area contributed by atoms with Crippen LogP contribution in [-0.4, -0.2) is 25.7 Å². The SMILES string of the molecule is CC(C)NCCNCC(C)(C)c1ccccc1Br. The van der Waals surface area contributed by atoms with E-state index < -0.39 is 0 Å². The van der Waals surface area contributed by atoms with Gasteiger partial charge in [0.15, 0.2) is 0 Å². The molecule has 18 heavy (non-hydrogen) atoms. The lowest BCUT2D eigenvalue weighted by Gasteiger charge is -2.27. The molecular weight excluding hydrogens is 288 g/mol. The van der Waals surface area contributed by atoms with Gasteiger partial charge < -0.3 is 10.6 Å². The van der Waals surface area contributed by atoms with E-state index in [2.05, 4.69) is 78.5 Å². The largest absolute Gasteiger partial charge is 0.315 e. The van der Waals surface area contributed by atoms with E-state index in [-0.39, 0.29) is 5.41 Å². The fraction of sp³-hybridized carbons (Fsp3) is 0.600. The zero-order valence-electron chi connectivity index (χ0n) is 11.9. The molecule has 0 aliphatic heterocycles. The molecular formula is C15H25BrN2. The number of benzene rings is 1. The van der Waals surface area contributed by atoms with Crippen molar-refractivity contribution in [2.24, 2.45) is 0 Å². The van der Waals surface area contributed by atoms with Crippen molar-refractivity contribution in [2.75, 3.05) is 19.6 Å². The molecule has 0 saturated carbocycles. The predicted molar refractivity (Wildman–Crippen MR) is 83.2 cm³/mol. The van der Waals surface area contributed by atoms with Gasteiger partial charge in [0.2, 0.25) is 0 Å². The van der Waals surface area contributed by atoms with Crippen LogP contribution in [0.3, 0.4) is 0 Å². The second-order valence-corrected chi connectivity index (χ2v) is 6.50. The van der Waals surface area contributed by atoms with E-state index in [9.17, 15) is 0 Å². The molecule has 102 valence electrons. The van der Waals surface area contributed by atoms with Gasteiger partial charge in [0.05, 0.1) is 0 Å². The third-order valence-electron chi connectivity index (χ3n) is 3.02. The van der Waals surface area contributed by atoms with Gasteiger partial charge in [-0.05, 0) is 11.6 Å². The number of halogens is 1. The third-order valence-corrected chi connectivity index (χ3v) is 3.72. The van der Waals surface area contributed by atoms with Crippen LogP contribution < -0.4 is 10.6 Å². The first-order valence-corrected chi connectivity index (χ1v) is 7.42.